The van der Waals surface area contributed by atoms with Crippen molar-refractivity contribution in [1.82, 2.24) is 24.1 Å². The molecule has 4 rings (SSSR count). The zero-order valence-corrected chi connectivity index (χ0v) is 15.0. The average molecular weight is 380 g/mol. The van der Waals surface area contributed by atoms with Crippen LogP contribution in [0.1, 0.15) is 16.2 Å². The third-order valence-corrected chi connectivity index (χ3v) is 4.05. The Kier molecular flexibility index (Phi) is 4.03. The number of aromatic nitrogens is 5. The van der Waals surface area contributed by atoms with Crippen molar-refractivity contribution < 1.29 is 9.21 Å². The van der Waals surface area contributed by atoms with Gasteiger partial charge in [-0.1, -0.05) is 0 Å². The highest BCUT2D eigenvalue weighted by atomic mass is 16.4. The van der Waals surface area contributed by atoms with Gasteiger partial charge in [-0.2, -0.15) is 9.61 Å². The molecule has 0 bridgehead atoms. The van der Waals surface area contributed by atoms with Crippen LogP contribution in [0.15, 0.2) is 46.0 Å². The number of nitrogens with zero attached hydrogens (tertiary/aromatic N) is 5. The maximum atomic E-state index is 12.8. The van der Waals surface area contributed by atoms with Gasteiger partial charge in [-0.3, -0.25) is 14.2 Å². The summed E-state index contributed by atoms with van der Waals surface area (Å²) in [5.74, 6) is 0.998. The first-order valence-corrected chi connectivity index (χ1v) is 8.26. The minimum absolute atomic E-state index is 0.169. The van der Waals surface area contributed by atoms with Crippen LogP contribution in [-0.2, 0) is 0 Å². The van der Waals surface area contributed by atoms with E-state index in [9.17, 15) is 9.59 Å². The standard InChI is InChI=1S/C17H16N8O3/c1-9-20-8-14(28-9)24-5-3-4-11(17(24)27)22-12-6-13(19-2)25-16(23-12)10(7-21-25)15(18)26/h3-8,19H,1-2H3,(H2,18,26)(H,22,23). The molecule has 4 N–H and O–H groups in total. The third kappa shape index (κ3) is 2.84. The van der Waals surface area contributed by atoms with Gasteiger partial charge in [0.15, 0.2) is 11.5 Å². The molecule has 0 aliphatic heterocycles. The van der Waals surface area contributed by atoms with E-state index >= 15 is 0 Å². The van der Waals surface area contributed by atoms with Gasteiger partial charge < -0.3 is 20.8 Å². The first kappa shape index (κ1) is 17.3. The van der Waals surface area contributed by atoms with Gasteiger partial charge >= 0.3 is 0 Å². The van der Waals surface area contributed by atoms with Gasteiger partial charge in [0.2, 0.25) is 5.88 Å². The number of hydrogen-bond donors (Lipinski definition) is 3. The number of oxazole rings is 1. The quantitative estimate of drug-likeness (QED) is 0.466. The number of amides is 1. The highest BCUT2D eigenvalue weighted by molar-refractivity contribution is 5.98. The number of anilines is 3. The van der Waals surface area contributed by atoms with Gasteiger partial charge in [-0.25, -0.2) is 9.97 Å². The van der Waals surface area contributed by atoms with Crippen LogP contribution < -0.4 is 21.9 Å². The second kappa shape index (κ2) is 6.54. The molecule has 0 aliphatic rings. The highest BCUT2D eigenvalue weighted by Gasteiger charge is 2.16. The first-order chi connectivity index (χ1) is 13.5. The molecule has 0 unspecified atom stereocenters. The molecule has 11 nitrogen and oxygen atoms in total. The number of hydrogen-bond acceptors (Lipinski definition) is 8. The molecule has 0 saturated heterocycles. The van der Waals surface area contributed by atoms with Crippen molar-refractivity contribution in [2.24, 2.45) is 5.73 Å². The number of carbonyl (C=O) groups excluding carboxylic acids is 1. The van der Waals surface area contributed by atoms with E-state index in [4.69, 9.17) is 10.2 Å². The van der Waals surface area contributed by atoms with Crippen LogP contribution in [-0.4, -0.2) is 37.1 Å². The topological polar surface area (TPSA) is 145 Å². The van der Waals surface area contributed by atoms with Crippen LogP contribution in [0.4, 0.5) is 17.3 Å². The Hall–Kier alpha value is -4.15. The molecular weight excluding hydrogens is 364 g/mol. The lowest BCUT2D eigenvalue weighted by Gasteiger charge is -2.10. The summed E-state index contributed by atoms with van der Waals surface area (Å²) in [6.45, 7) is 1.69. The van der Waals surface area contributed by atoms with E-state index in [2.05, 4.69) is 25.7 Å². The molecule has 0 atom stereocenters. The number of rotatable bonds is 5. The van der Waals surface area contributed by atoms with Crippen molar-refractivity contribution in [3.05, 3.63) is 58.6 Å². The van der Waals surface area contributed by atoms with Gasteiger partial charge in [0.1, 0.15) is 22.9 Å². The van der Waals surface area contributed by atoms with Crippen LogP contribution in [0.5, 0.6) is 0 Å². The summed E-state index contributed by atoms with van der Waals surface area (Å²) in [5.41, 5.74) is 5.73. The molecule has 0 saturated carbocycles. The van der Waals surface area contributed by atoms with E-state index in [1.165, 1.54) is 21.5 Å². The highest BCUT2D eigenvalue weighted by Crippen LogP contribution is 2.20. The van der Waals surface area contributed by atoms with Crippen LogP contribution >= 0.6 is 0 Å². The molecule has 0 aromatic carbocycles. The normalized spacial score (nSPS) is 10.9. The third-order valence-electron chi connectivity index (χ3n) is 4.05. The zero-order chi connectivity index (χ0) is 19.8. The molecule has 11 heteroatoms. The van der Waals surface area contributed by atoms with E-state index in [0.29, 0.717) is 23.4 Å². The number of fused-ring (bicyclic) bond motifs is 1. The number of pyridine rings is 1. The summed E-state index contributed by atoms with van der Waals surface area (Å²) >= 11 is 0. The average Bonchev–Trinajstić information content (AvgIpc) is 3.29. The lowest BCUT2D eigenvalue weighted by Crippen LogP contribution is -2.20. The Morgan fingerprint density at radius 3 is 2.82 bits per heavy atom. The molecule has 1 amide bonds. The van der Waals surface area contributed by atoms with E-state index in [1.807, 2.05) is 0 Å². The minimum atomic E-state index is -0.649. The molecule has 4 aromatic rings. The predicted octanol–water partition coefficient (Wildman–Crippen LogP) is 1.06. The first-order valence-electron chi connectivity index (χ1n) is 8.26. The summed E-state index contributed by atoms with van der Waals surface area (Å²) in [6, 6.07) is 4.95. The minimum Gasteiger partial charge on any atom is -0.425 e. The fourth-order valence-electron chi connectivity index (χ4n) is 2.74. The van der Waals surface area contributed by atoms with E-state index in [1.54, 1.807) is 38.4 Å². The van der Waals surface area contributed by atoms with Crippen molar-refractivity contribution >= 4 is 28.9 Å². The molecule has 142 valence electrons. The Balaban J connectivity index is 1.79. The second-order valence-electron chi connectivity index (χ2n) is 5.87. The second-order valence-corrected chi connectivity index (χ2v) is 5.87. The van der Waals surface area contributed by atoms with Crippen LogP contribution in [0.3, 0.4) is 0 Å². The summed E-state index contributed by atoms with van der Waals surface area (Å²) in [7, 11) is 1.70. The maximum Gasteiger partial charge on any atom is 0.281 e. The monoisotopic (exact) mass is 380 g/mol. The Morgan fingerprint density at radius 1 is 1.32 bits per heavy atom. The molecule has 0 aliphatic carbocycles. The summed E-state index contributed by atoms with van der Waals surface area (Å²) in [6.07, 6.45) is 4.39. The van der Waals surface area contributed by atoms with Crippen molar-refractivity contribution in [2.75, 3.05) is 17.7 Å². The van der Waals surface area contributed by atoms with E-state index in [0.717, 1.165) is 0 Å². The number of aryl methyl sites for hydroxylation is 1. The Morgan fingerprint density at radius 2 is 2.14 bits per heavy atom. The van der Waals surface area contributed by atoms with Crippen molar-refractivity contribution in [1.29, 1.82) is 0 Å². The van der Waals surface area contributed by atoms with Gasteiger partial charge in [0.25, 0.3) is 11.5 Å². The number of carbonyl (C=O) groups is 1. The number of nitrogens with two attached hydrogens (primary N) is 1. The molecule has 4 aromatic heterocycles. The lowest BCUT2D eigenvalue weighted by atomic mass is 10.3. The SMILES string of the molecule is CNc1cc(Nc2cccn(-c3cnc(C)o3)c2=O)nc2c(C(N)=O)cnn12. The van der Waals surface area contributed by atoms with Gasteiger partial charge in [0, 0.05) is 26.2 Å². The van der Waals surface area contributed by atoms with Crippen LogP contribution in [0.2, 0.25) is 0 Å². The van der Waals surface area contributed by atoms with Gasteiger partial charge in [0.05, 0.1) is 12.4 Å². The molecule has 0 spiro atoms. The van der Waals surface area contributed by atoms with Gasteiger partial charge in [-0.15, -0.1) is 0 Å². The van der Waals surface area contributed by atoms with E-state index in [-0.39, 0.29) is 22.5 Å². The van der Waals surface area contributed by atoms with Crippen LogP contribution in [0, 0.1) is 6.92 Å². The molecule has 28 heavy (non-hydrogen) atoms. The van der Waals surface area contributed by atoms with E-state index < -0.39 is 5.91 Å². The van der Waals surface area contributed by atoms with Crippen molar-refractivity contribution in [2.45, 2.75) is 6.92 Å². The van der Waals surface area contributed by atoms with Gasteiger partial charge in [-0.05, 0) is 12.1 Å². The Bertz CT molecular complexity index is 1250. The van der Waals surface area contributed by atoms with Crippen molar-refractivity contribution in [3.63, 3.8) is 0 Å². The lowest BCUT2D eigenvalue weighted by molar-refractivity contribution is 0.100. The van der Waals surface area contributed by atoms with Crippen LogP contribution in [0.25, 0.3) is 11.5 Å². The number of primary amides is 1. The number of nitrogens with one attached hydrogen (secondary N) is 2. The maximum absolute atomic E-state index is 12.8. The molecule has 0 radical (unpaired) electrons. The molecular formula is C17H16N8O3. The summed E-state index contributed by atoms with van der Waals surface area (Å²) in [4.78, 5) is 32.8. The predicted molar refractivity (Wildman–Crippen MR) is 101 cm³/mol. The molecule has 0 fully saturated rings. The van der Waals surface area contributed by atoms with Crippen molar-refractivity contribution in [3.8, 4) is 5.88 Å². The summed E-state index contributed by atoms with van der Waals surface area (Å²) < 4.78 is 8.19. The summed E-state index contributed by atoms with van der Waals surface area (Å²) in [5, 5.41) is 10.0. The largest absolute Gasteiger partial charge is 0.425 e. The fourth-order valence-corrected chi connectivity index (χ4v) is 2.74. The fraction of sp³-hybridized carbons (Fsp3) is 0.118. The smallest absolute Gasteiger partial charge is 0.281 e. The molecule has 4 heterocycles. The zero-order valence-electron chi connectivity index (χ0n) is 15.0. The Labute approximate surface area is 157 Å².